The van der Waals surface area contributed by atoms with Gasteiger partial charge in [0.05, 0.1) is 7.11 Å². The normalized spacial score (nSPS) is 26.0. The van der Waals surface area contributed by atoms with Gasteiger partial charge in [-0.05, 0) is 37.6 Å². The lowest BCUT2D eigenvalue weighted by Crippen LogP contribution is -2.33. The molecule has 0 spiro atoms. The van der Waals surface area contributed by atoms with Crippen molar-refractivity contribution < 1.29 is 9.47 Å². The quantitative estimate of drug-likeness (QED) is 0.906. The van der Waals surface area contributed by atoms with Crippen molar-refractivity contribution in [2.24, 2.45) is 5.92 Å². The monoisotopic (exact) mass is 289 g/mol. The maximum atomic E-state index is 6.27. The van der Waals surface area contributed by atoms with Crippen LogP contribution in [0.3, 0.4) is 0 Å². The number of methoxy groups -OCH3 is 1. The molecule has 1 aromatic rings. The fourth-order valence-electron chi connectivity index (χ4n) is 3.86. The predicted molar refractivity (Wildman–Crippen MR) is 85.0 cm³/mol. The summed E-state index contributed by atoms with van der Waals surface area (Å²) in [6.07, 6.45) is 9.63. The summed E-state index contributed by atoms with van der Waals surface area (Å²) in [6.45, 7) is 0. The van der Waals surface area contributed by atoms with E-state index in [-0.39, 0.29) is 0 Å². The Bertz CT molecular complexity index is 468. The maximum absolute atomic E-state index is 6.27. The first kappa shape index (κ1) is 14.7. The minimum Gasteiger partial charge on any atom is -0.497 e. The average Bonchev–Trinajstić information content (AvgIpc) is 2.54. The zero-order chi connectivity index (χ0) is 14.7. The van der Waals surface area contributed by atoms with Crippen LogP contribution in [0.1, 0.15) is 56.6 Å². The summed E-state index contributed by atoms with van der Waals surface area (Å²) in [5.74, 6) is 2.80. The highest BCUT2D eigenvalue weighted by molar-refractivity contribution is 5.43. The molecule has 0 radical (unpaired) electrons. The van der Waals surface area contributed by atoms with E-state index in [2.05, 4.69) is 17.4 Å². The van der Waals surface area contributed by atoms with Gasteiger partial charge in [-0.2, -0.15) is 0 Å². The largest absolute Gasteiger partial charge is 0.497 e. The summed E-state index contributed by atoms with van der Waals surface area (Å²) < 4.78 is 11.6. The van der Waals surface area contributed by atoms with Crippen LogP contribution in [0.25, 0.3) is 0 Å². The number of hydrogen-bond donors (Lipinski definition) is 1. The van der Waals surface area contributed by atoms with E-state index in [4.69, 9.17) is 9.47 Å². The van der Waals surface area contributed by atoms with Crippen molar-refractivity contribution in [1.29, 1.82) is 0 Å². The molecule has 1 saturated carbocycles. The van der Waals surface area contributed by atoms with Gasteiger partial charge in [-0.25, -0.2) is 0 Å². The van der Waals surface area contributed by atoms with Gasteiger partial charge in [0.25, 0.3) is 0 Å². The van der Waals surface area contributed by atoms with E-state index in [1.54, 1.807) is 7.11 Å². The van der Waals surface area contributed by atoms with E-state index in [9.17, 15) is 0 Å². The van der Waals surface area contributed by atoms with Crippen molar-refractivity contribution in [3.05, 3.63) is 23.8 Å². The van der Waals surface area contributed by atoms with Crippen LogP contribution in [-0.4, -0.2) is 20.3 Å². The Hall–Kier alpha value is -1.22. The molecule has 21 heavy (non-hydrogen) atoms. The van der Waals surface area contributed by atoms with Gasteiger partial charge in [0.2, 0.25) is 0 Å². The molecule has 2 aliphatic rings. The van der Waals surface area contributed by atoms with E-state index in [1.165, 1.54) is 44.1 Å². The smallest absolute Gasteiger partial charge is 0.124 e. The second kappa shape index (κ2) is 6.69. The minimum atomic E-state index is 0.353. The molecule has 1 N–H and O–H groups in total. The van der Waals surface area contributed by atoms with E-state index in [0.29, 0.717) is 12.1 Å². The summed E-state index contributed by atoms with van der Waals surface area (Å²) in [6, 6.07) is 6.53. The summed E-state index contributed by atoms with van der Waals surface area (Å²) in [4.78, 5) is 0. The maximum Gasteiger partial charge on any atom is 0.124 e. The van der Waals surface area contributed by atoms with Crippen LogP contribution in [0, 0.1) is 5.92 Å². The third kappa shape index (κ3) is 3.34. The summed E-state index contributed by atoms with van der Waals surface area (Å²) in [7, 11) is 3.75. The second-order valence-electron chi connectivity index (χ2n) is 6.46. The summed E-state index contributed by atoms with van der Waals surface area (Å²) in [5, 5.41) is 3.44. The Balaban J connectivity index is 1.72. The summed E-state index contributed by atoms with van der Waals surface area (Å²) >= 11 is 0. The van der Waals surface area contributed by atoms with E-state index in [1.807, 2.05) is 13.1 Å². The molecule has 116 valence electrons. The number of nitrogens with one attached hydrogen (secondary N) is 1. The number of rotatable bonds is 4. The van der Waals surface area contributed by atoms with Crippen molar-refractivity contribution in [1.82, 2.24) is 5.32 Å². The van der Waals surface area contributed by atoms with Crippen molar-refractivity contribution >= 4 is 0 Å². The molecule has 1 aromatic carbocycles. The number of fused-ring (bicyclic) bond motifs is 1. The van der Waals surface area contributed by atoms with Crippen LogP contribution in [-0.2, 0) is 0 Å². The Kier molecular flexibility index (Phi) is 4.69. The molecule has 1 fully saturated rings. The van der Waals surface area contributed by atoms with Crippen LogP contribution in [0.4, 0.5) is 0 Å². The summed E-state index contributed by atoms with van der Waals surface area (Å²) in [5.41, 5.74) is 1.23. The average molecular weight is 289 g/mol. The molecular formula is C18H27NO2. The first-order chi connectivity index (χ1) is 10.3. The topological polar surface area (TPSA) is 30.5 Å². The lowest BCUT2D eigenvalue weighted by atomic mass is 9.83. The molecule has 1 heterocycles. The molecule has 1 aliphatic heterocycles. The second-order valence-corrected chi connectivity index (χ2v) is 6.46. The standard InChI is InChI=1S/C18H27NO2/c1-19-17-12-15(10-13-6-4-3-5-7-13)21-18-9-8-14(20-2)11-16(17)18/h8-9,11,13,15,17,19H,3-7,10,12H2,1-2H3. The Morgan fingerprint density at radius 3 is 2.76 bits per heavy atom. The zero-order valence-corrected chi connectivity index (χ0v) is 13.2. The number of ether oxygens (including phenoxy) is 2. The highest BCUT2D eigenvalue weighted by Crippen LogP contribution is 2.39. The lowest BCUT2D eigenvalue weighted by Gasteiger charge is -2.35. The SMILES string of the molecule is CNC1CC(CC2CCCCC2)Oc2ccc(OC)cc21. The fourth-order valence-corrected chi connectivity index (χ4v) is 3.86. The van der Waals surface area contributed by atoms with Gasteiger partial charge in [-0.3, -0.25) is 0 Å². The molecule has 1 aliphatic carbocycles. The molecule has 0 saturated heterocycles. The molecule has 0 bridgehead atoms. The van der Waals surface area contributed by atoms with Crippen LogP contribution in [0.15, 0.2) is 18.2 Å². The van der Waals surface area contributed by atoms with Gasteiger partial charge in [0, 0.05) is 18.0 Å². The van der Waals surface area contributed by atoms with Gasteiger partial charge in [0.15, 0.2) is 0 Å². The van der Waals surface area contributed by atoms with Gasteiger partial charge in [0.1, 0.15) is 17.6 Å². The fraction of sp³-hybridized carbons (Fsp3) is 0.667. The van der Waals surface area contributed by atoms with E-state index >= 15 is 0 Å². The Labute approximate surface area is 128 Å². The van der Waals surface area contributed by atoms with Crippen molar-refractivity contribution in [2.75, 3.05) is 14.2 Å². The third-order valence-corrected chi connectivity index (χ3v) is 5.05. The number of hydrogen-bond acceptors (Lipinski definition) is 3. The van der Waals surface area contributed by atoms with Gasteiger partial charge in [-0.15, -0.1) is 0 Å². The highest BCUT2D eigenvalue weighted by atomic mass is 16.5. The first-order valence-electron chi connectivity index (χ1n) is 8.32. The molecule has 0 aromatic heterocycles. The Morgan fingerprint density at radius 2 is 2.05 bits per heavy atom. The lowest BCUT2D eigenvalue weighted by molar-refractivity contribution is 0.114. The van der Waals surface area contributed by atoms with Crippen LogP contribution < -0.4 is 14.8 Å². The molecule has 3 heteroatoms. The van der Waals surface area contributed by atoms with Crippen molar-refractivity contribution in [3.63, 3.8) is 0 Å². The molecule has 3 nitrogen and oxygen atoms in total. The molecule has 3 rings (SSSR count). The van der Waals surface area contributed by atoms with Crippen LogP contribution in [0.5, 0.6) is 11.5 Å². The van der Waals surface area contributed by atoms with Crippen LogP contribution >= 0.6 is 0 Å². The number of benzene rings is 1. The highest BCUT2D eigenvalue weighted by Gasteiger charge is 2.30. The molecule has 2 unspecified atom stereocenters. The minimum absolute atomic E-state index is 0.353. The van der Waals surface area contributed by atoms with E-state index in [0.717, 1.165) is 23.8 Å². The predicted octanol–water partition coefficient (Wildman–Crippen LogP) is 4.08. The Morgan fingerprint density at radius 1 is 1.24 bits per heavy atom. The zero-order valence-electron chi connectivity index (χ0n) is 13.2. The van der Waals surface area contributed by atoms with Gasteiger partial charge >= 0.3 is 0 Å². The van der Waals surface area contributed by atoms with E-state index < -0.39 is 0 Å². The van der Waals surface area contributed by atoms with Crippen LogP contribution in [0.2, 0.25) is 0 Å². The first-order valence-corrected chi connectivity index (χ1v) is 8.32. The van der Waals surface area contributed by atoms with Gasteiger partial charge in [-0.1, -0.05) is 32.1 Å². The molecular weight excluding hydrogens is 262 g/mol. The molecule has 2 atom stereocenters. The van der Waals surface area contributed by atoms with Gasteiger partial charge < -0.3 is 14.8 Å². The van der Waals surface area contributed by atoms with Crippen molar-refractivity contribution in [3.8, 4) is 11.5 Å². The molecule has 0 amide bonds. The van der Waals surface area contributed by atoms with Crippen molar-refractivity contribution in [2.45, 2.75) is 57.1 Å². The third-order valence-electron chi connectivity index (χ3n) is 5.05.